The molecule has 1 amide bonds. The molecule has 25 heavy (non-hydrogen) atoms. The van der Waals surface area contributed by atoms with Gasteiger partial charge in [-0.05, 0) is 37.8 Å². The van der Waals surface area contributed by atoms with Gasteiger partial charge >= 0.3 is 5.97 Å². The lowest BCUT2D eigenvalue weighted by Gasteiger charge is -2.14. The van der Waals surface area contributed by atoms with E-state index in [1.165, 1.54) is 0 Å². The average Bonchev–Trinajstić information content (AvgIpc) is 3.45. The second-order valence-electron chi connectivity index (χ2n) is 6.51. The Balaban J connectivity index is 1.60. The van der Waals surface area contributed by atoms with Gasteiger partial charge in [0.2, 0.25) is 0 Å². The van der Waals surface area contributed by atoms with Gasteiger partial charge in [0, 0.05) is 18.7 Å². The van der Waals surface area contributed by atoms with E-state index in [1.807, 2.05) is 31.2 Å². The molecular formula is C19H21N3O3. The van der Waals surface area contributed by atoms with E-state index < -0.39 is 11.9 Å². The van der Waals surface area contributed by atoms with Crippen molar-refractivity contribution >= 4 is 11.9 Å². The van der Waals surface area contributed by atoms with Gasteiger partial charge in [-0.2, -0.15) is 0 Å². The number of aliphatic carboxylic acids is 1. The molecule has 3 rings (SSSR count). The molecule has 6 nitrogen and oxygen atoms in total. The lowest BCUT2D eigenvalue weighted by Crippen LogP contribution is -2.34. The molecule has 0 saturated heterocycles. The number of carbonyl (C=O) groups is 2. The van der Waals surface area contributed by atoms with Crippen LogP contribution in [-0.2, 0) is 11.2 Å². The standard InChI is InChI=1S/C19H21N3O3/c1-12-2-4-13(5-3-12)10-15(19(24)25)11-21-18(23)16-8-9-20-17(22-16)14-6-7-14/h2-5,8-9,14-15H,6-7,10-11H2,1H3,(H,21,23)(H,24,25)/t15-/m1/s1. The molecule has 1 aromatic heterocycles. The van der Waals surface area contributed by atoms with Crippen molar-refractivity contribution in [2.24, 2.45) is 5.92 Å². The van der Waals surface area contributed by atoms with E-state index in [1.54, 1.807) is 12.3 Å². The zero-order valence-corrected chi connectivity index (χ0v) is 14.1. The fourth-order valence-electron chi connectivity index (χ4n) is 2.60. The Labute approximate surface area is 146 Å². The topological polar surface area (TPSA) is 92.2 Å². The molecule has 130 valence electrons. The summed E-state index contributed by atoms with van der Waals surface area (Å²) in [7, 11) is 0. The van der Waals surface area contributed by atoms with E-state index in [0.29, 0.717) is 18.2 Å². The Morgan fingerprint density at radius 2 is 1.96 bits per heavy atom. The summed E-state index contributed by atoms with van der Waals surface area (Å²) in [6.45, 7) is 2.04. The van der Waals surface area contributed by atoms with Crippen molar-refractivity contribution in [3.05, 3.63) is 59.2 Å². The van der Waals surface area contributed by atoms with Gasteiger partial charge in [-0.3, -0.25) is 9.59 Å². The highest BCUT2D eigenvalue weighted by atomic mass is 16.4. The van der Waals surface area contributed by atoms with Gasteiger partial charge in [0.1, 0.15) is 11.5 Å². The number of benzene rings is 1. The van der Waals surface area contributed by atoms with Crippen LogP contribution in [0.4, 0.5) is 0 Å². The zero-order chi connectivity index (χ0) is 17.8. The predicted molar refractivity (Wildman–Crippen MR) is 92.3 cm³/mol. The quantitative estimate of drug-likeness (QED) is 0.808. The number of amides is 1. The first-order valence-corrected chi connectivity index (χ1v) is 8.42. The van der Waals surface area contributed by atoms with Crippen LogP contribution < -0.4 is 5.32 Å². The van der Waals surface area contributed by atoms with Crippen LogP contribution in [0.2, 0.25) is 0 Å². The Morgan fingerprint density at radius 3 is 2.60 bits per heavy atom. The highest BCUT2D eigenvalue weighted by Gasteiger charge is 2.27. The van der Waals surface area contributed by atoms with Crippen molar-refractivity contribution in [3.63, 3.8) is 0 Å². The van der Waals surface area contributed by atoms with Gasteiger partial charge in [0.25, 0.3) is 5.91 Å². The van der Waals surface area contributed by atoms with Crippen LogP contribution in [0.25, 0.3) is 0 Å². The van der Waals surface area contributed by atoms with E-state index >= 15 is 0 Å². The Kier molecular flexibility index (Phi) is 5.07. The third kappa shape index (κ3) is 4.62. The first-order valence-electron chi connectivity index (χ1n) is 8.42. The normalized spacial score (nSPS) is 14.8. The van der Waals surface area contributed by atoms with Crippen LogP contribution >= 0.6 is 0 Å². The lowest BCUT2D eigenvalue weighted by molar-refractivity contribution is -0.141. The summed E-state index contributed by atoms with van der Waals surface area (Å²) in [6.07, 6.45) is 4.06. The van der Waals surface area contributed by atoms with Crippen LogP contribution in [0.15, 0.2) is 36.5 Å². The van der Waals surface area contributed by atoms with Crippen molar-refractivity contribution in [3.8, 4) is 0 Å². The molecule has 0 radical (unpaired) electrons. The summed E-state index contributed by atoms with van der Waals surface area (Å²) in [5.41, 5.74) is 2.35. The maximum atomic E-state index is 12.3. The molecule has 2 aromatic rings. The molecule has 2 N–H and O–H groups in total. The fraction of sp³-hybridized carbons (Fsp3) is 0.368. The minimum atomic E-state index is -0.928. The molecule has 0 unspecified atom stereocenters. The maximum absolute atomic E-state index is 12.3. The van der Waals surface area contributed by atoms with Gasteiger partial charge < -0.3 is 10.4 Å². The Morgan fingerprint density at radius 1 is 1.24 bits per heavy atom. The van der Waals surface area contributed by atoms with Crippen LogP contribution in [0.1, 0.15) is 46.2 Å². The molecule has 0 aliphatic heterocycles. The molecule has 1 heterocycles. The van der Waals surface area contributed by atoms with Gasteiger partial charge in [-0.15, -0.1) is 0 Å². The van der Waals surface area contributed by atoms with E-state index in [4.69, 9.17) is 0 Å². The SMILES string of the molecule is Cc1ccc(C[C@H](CNC(=O)c2ccnc(C3CC3)n2)C(=O)O)cc1. The average molecular weight is 339 g/mol. The summed E-state index contributed by atoms with van der Waals surface area (Å²) < 4.78 is 0. The molecule has 0 bridgehead atoms. The number of nitrogens with one attached hydrogen (secondary N) is 1. The summed E-state index contributed by atoms with van der Waals surface area (Å²) in [5.74, 6) is -0.916. The van der Waals surface area contributed by atoms with E-state index in [2.05, 4.69) is 15.3 Å². The first kappa shape index (κ1) is 17.1. The van der Waals surface area contributed by atoms with Crippen LogP contribution in [-0.4, -0.2) is 33.5 Å². The van der Waals surface area contributed by atoms with E-state index in [0.717, 1.165) is 24.0 Å². The van der Waals surface area contributed by atoms with Crippen LogP contribution in [0.3, 0.4) is 0 Å². The second kappa shape index (κ2) is 7.42. The smallest absolute Gasteiger partial charge is 0.308 e. The summed E-state index contributed by atoms with van der Waals surface area (Å²) in [6, 6.07) is 9.29. The fourth-order valence-corrected chi connectivity index (χ4v) is 2.60. The summed E-state index contributed by atoms with van der Waals surface area (Å²) >= 11 is 0. The summed E-state index contributed by atoms with van der Waals surface area (Å²) in [4.78, 5) is 32.2. The third-order valence-corrected chi connectivity index (χ3v) is 4.31. The van der Waals surface area contributed by atoms with Crippen molar-refractivity contribution in [2.75, 3.05) is 6.54 Å². The number of nitrogens with zero attached hydrogens (tertiary/aromatic N) is 2. The number of carboxylic acids is 1. The number of aryl methyl sites for hydroxylation is 1. The maximum Gasteiger partial charge on any atom is 0.308 e. The minimum absolute atomic E-state index is 0.0603. The molecule has 1 atom stereocenters. The van der Waals surface area contributed by atoms with Gasteiger partial charge in [0.05, 0.1) is 5.92 Å². The third-order valence-electron chi connectivity index (χ3n) is 4.31. The lowest BCUT2D eigenvalue weighted by atomic mass is 9.98. The molecular weight excluding hydrogens is 318 g/mol. The number of aromatic nitrogens is 2. The Bertz CT molecular complexity index is 770. The highest BCUT2D eigenvalue weighted by molar-refractivity contribution is 5.92. The predicted octanol–water partition coefficient (Wildman–Crippen LogP) is 2.34. The molecule has 6 heteroatoms. The van der Waals surface area contributed by atoms with Gasteiger partial charge in [0.15, 0.2) is 0 Å². The monoisotopic (exact) mass is 339 g/mol. The highest BCUT2D eigenvalue weighted by Crippen LogP contribution is 2.37. The van der Waals surface area contributed by atoms with Crippen LogP contribution in [0, 0.1) is 12.8 Å². The minimum Gasteiger partial charge on any atom is -0.481 e. The number of hydrogen-bond donors (Lipinski definition) is 2. The molecule has 1 aliphatic carbocycles. The number of carboxylic acid groups (broad SMARTS) is 1. The number of rotatable bonds is 7. The number of hydrogen-bond acceptors (Lipinski definition) is 4. The van der Waals surface area contributed by atoms with E-state index in [9.17, 15) is 14.7 Å². The van der Waals surface area contributed by atoms with Crippen molar-refractivity contribution < 1.29 is 14.7 Å². The van der Waals surface area contributed by atoms with Crippen LogP contribution in [0.5, 0.6) is 0 Å². The first-order chi connectivity index (χ1) is 12.0. The molecule has 1 fully saturated rings. The van der Waals surface area contributed by atoms with Crippen molar-refractivity contribution in [2.45, 2.75) is 32.1 Å². The molecule has 0 spiro atoms. The van der Waals surface area contributed by atoms with Gasteiger partial charge in [-0.25, -0.2) is 9.97 Å². The summed E-state index contributed by atoms with van der Waals surface area (Å²) in [5, 5.41) is 12.1. The number of carbonyl (C=O) groups excluding carboxylic acids is 1. The molecule has 1 saturated carbocycles. The van der Waals surface area contributed by atoms with E-state index in [-0.39, 0.29) is 18.1 Å². The van der Waals surface area contributed by atoms with Gasteiger partial charge in [-0.1, -0.05) is 29.8 Å². The van der Waals surface area contributed by atoms with Crippen molar-refractivity contribution in [1.82, 2.24) is 15.3 Å². The largest absolute Gasteiger partial charge is 0.481 e. The molecule has 1 aliphatic rings. The second-order valence-corrected chi connectivity index (χ2v) is 6.51. The zero-order valence-electron chi connectivity index (χ0n) is 14.1. The Hall–Kier alpha value is -2.76. The van der Waals surface area contributed by atoms with Crippen molar-refractivity contribution in [1.29, 1.82) is 0 Å². The molecule has 1 aromatic carbocycles.